The predicted octanol–water partition coefficient (Wildman–Crippen LogP) is 14.0. The number of hydrogen-bond acceptors (Lipinski definition) is 6. The number of aromatic hydroxyl groups is 2. The van der Waals surface area contributed by atoms with E-state index in [-0.39, 0.29) is 22.3 Å². The molecule has 338 valence electrons. The summed E-state index contributed by atoms with van der Waals surface area (Å²) in [4.78, 5) is 0. The maximum Gasteiger partial charge on any atom is 0.142 e. The third kappa shape index (κ3) is 5.32. The van der Waals surface area contributed by atoms with Gasteiger partial charge in [-0.05, 0) is 265 Å². The molecule has 6 N–H and O–H groups in total. The van der Waals surface area contributed by atoms with Crippen LogP contribution in [0.3, 0.4) is 0 Å². The first-order chi connectivity index (χ1) is 30.9. The van der Waals surface area contributed by atoms with Crippen molar-refractivity contribution in [2.45, 2.75) is 165 Å². The molecule has 0 saturated heterocycles. The first kappa shape index (κ1) is 38.6. The highest BCUT2D eigenvalue weighted by Gasteiger charge is 2.70. The van der Waals surface area contributed by atoms with E-state index in [1.807, 2.05) is 12.1 Å². The Labute approximate surface area is 381 Å². The van der Waals surface area contributed by atoms with Crippen molar-refractivity contribution >= 4 is 11.4 Å². The zero-order valence-electron chi connectivity index (χ0n) is 38.2. The molecule has 4 atom stereocenters. The van der Waals surface area contributed by atoms with E-state index in [2.05, 4.69) is 12.1 Å². The van der Waals surface area contributed by atoms with E-state index in [1.54, 1.807) is 24.3 Å². The van der Waals surface area contributed by atoms with E-state index >= 15 is 0 Å². The first-order valence-corrected chi connectivity index (χ1v) is 26.6. The minimum atomic E-state index is 0.0469. The van der Waals surface area contributed by atoms with Crippen molar-refractivity contribution in [2.75, 3.05) is 11.5 Å². The van der Waals surface area contributed by atoms with Crippen molar-refractivity contribution in [1.82, 2.24) is 0 Å². The summed E-state index contributed by atoms with van der Waals surface area (Å²) in [7, 11) is 0. The lowest BCUT2D eigenvalue weighted by Crippen LogP contribution is -2.64. The Morgan fingerprint density at radius 2 is 0.688 bits per heavy atom. The Kier molecular flexibility index (Phi) is 7.65. The molecule has 16 aliphatic carbocycles. The Morgan fingerprint density at radius 3 is 1.02 bits per heavy atom. The summed E-state index contributed by atoms with van der Waals surface area (Å²) in [5, 5.41) is 21.9. The van der Waals surface area contributed by atoms with Gasteiger partial charge < -0.3 is 31.2 Å². The van der Waals surface area contributed by atoms with Gasteiger partial charge in [0.2, 0.25) is 0 Å². The fourth-order valence-corrected chi connectivity index (χ4v) is 22.9. The van der Waals surface area contributed by atoms with E-state index < -0.39 is 0 Å². The summed E-state index contributed by atoms with van der Waals surface area (Å²) in [5.41, 5.74) is 18.0. The smallest absolute Gasteiger partial charge is 0.142 e. The molecule has 0 amide bonds. The van der Waals surface area contributed by atoms with E-state index in [0.29, 0.717) is 44.5 Å². The summed E-state index contributed by atoms with van der Waals surface area (Å²) in [6.45, 7) is 0. The maximum absolute atomic E-state index is 10.9. The Bertz CT molecular complexity index is 2210. The van der Waals surface area contributed by atoms with Gasteiger partial charge in [0.15, 0.2) is 0 Å². The normalized spacial score (nSPS) is 48.1. The summed E-state index contributed by atoms with van der Waals surface area (Å²) in [5.74, 6) is 12.0. The van der Waals surface area contributed by atoms with E-state index in [4.69, 9.17) is 20.9 Å². The van der Waals surface area contributed by atoms with Gasteiger partial charge >= 0.3 is 0 Å². The SMILES string of the molecule is Nc1ccc(Oc2cc(Oc3ccc(N)c(O)c3)c(C34CC5CC(C3)CC(C36CC7CC(CC(C7)C3)C6)(C5)C4)cc2C23CC4CC(C2)CC(C25CC6CC(CC(C6)C2)C5)(C4)C3)cc1O. The molecule has 0 aromatic heterocycles. The van der Waals surface area contributed by atoms with E-state index in [0.717, 1.165) is 70.7 Å². The van der Waals surface area contributed by atoms with Crippen LogP contribution in [0.1, 0.15) is 165 Å². The number of rotatable bonds is 8. The van der Waals surface area contributed by atoms with Gasteiger partial charge in [0.1, 0.15) is 34.5 Å². The van der Waals surface area contributed by atoms with Crippen molar-refractivity contribution in [3.63, 3.8) is 0 Å². The highest BCUT2D eigenvalue weighted by Crippen LogP contribution is 2.80. The number of benzene rings is 3. The van der Waals surface area contributed by atoms with Crippen LogP contribution in [0.2, 0.25) is 0 Å². The minimum Gasteiger partial charge on any atom is -0.506 e. The molecular formula is C58H72N2O4. The molecule has 19 rings (SSSR count). The van der Waals surface area contributed by atoms with Crippen LogP contribution in [0.4, 0.5) is 11.4 Å². The molecule has 16 aliphatic rings. The number of nitrogens with two attached hydrogens (primary N) is 2. The van der Waals surface area contributed by atoms with Gasteiger partial charge in [-0.15, -0.1) is 0 Å². The minimum absolute atomic E-state index is 0.0469. The summed E-state index contributed by atoms with van der Waals surface area (Å²) < 4.78 is 14.5. The van der Waals surface area contributed by atoms with Gasteiger partial charge in [0.05, 0.1) is 11.4 Å². The molecule has 3 aromatic rings. The van der Waals surface area contributed by atoms with Crippen LogP contribution in [0, 0.1) is 80.8 Å². The van der Waals surface area contributed by atoms with Crippen molar-refractivity contribution < 1.29 is 19.7 Å². The second kappa shape index (κ2) is 12.7. The molecule has 3 aromatic carbocycles. The average Bonchev–Trinajstić information content (AvgIpc) is 3.22. The lowest BCUT2D eigenvalue weighted by atomic mass is 9.32. The largest absolute Gasteiger partial charge is 0.506 e. The standard InChI is InChI=1S/C58H72N2O4/c59-47-3-1-43(13-49(47)61)63-51-16-52(64-44-2-4-48(60)50(62)14-44)46(54-19-41-12-42(20-54)30-58(29-41,32-54)56-24-36-8-37(25-56)10-38(9-36)26-56)15-45(51)53-17-39-11-40(18-53)28-57(27-39,31-53)55-21-33-5-34(22-55)7-35(6-33)23-55/h1-4,13-16,33-42,61-62H,5-12,17-32,59-60H2. The molecule has 16 fully saturated rings. The highest BCUT2D eigenvalue weighted by atomic mass is 16.5. The Hall–Kier alpha value is -3.54. The number of hydrogen-bond donors (Lipinski definition) is 4. The van der Waals surface area contributed by atoms with Gasteiger partial charge in [-0.2, -0.15) is 0 Å². The predicted molar refractivity (Wildman–Crippen MR) is 250 cm³/mol. The molecule has 16 bridgehead atoms. The fourth-order valence-electron chi connectivity index (χ4n) is 22.9. The summed E-state index contributed by atoms with van der Waals surface area (Å²) in [6, 6.07) is 15.9. The van der Waals surface area contributed by atoms with Crippen LogP contribution in [0.25, 0.3) is 0 Å². The van der Waals surface area contributed by atoms with Crippen LogP contribution in [-0.2, 0) is 10.8 Å². The average molecular weight is 861 g/mol. The number of phenolic OH excluding ortho intramolecular Hbond substituents is 2. The number of ether oxygens (including phenoxy) is 2. The molecule has 64 heavy (non-hydrogen) atoms. The van der Waals surface area contributed by atoms with Crippen LogP contribution in [-0.4, -0.2) is 10.2 Å². The highest BCUT2D eigenvalue weighted by molar-refractivity contribution is 5.60. The molecule has 16 saturated carbocycles. The Morgan fingerprint density at radius 1 is 0.375 bits per heavy atom. The molecule has 0 heterocycles. The van der Waals surface area contributed by atoms with Gasteiger partial charge in [-0.3, -0.25) is 0 Å². The van der Waals surface area contributed by atoms with Crippen LogP contribution < -0.4 is 20.9 Å². The second-order valence-electron chi connectivity index (χ2n) is 26.9. The van der Waals surface area contributed by atoms with E-state index in [9.17, 15) is 10.2 Å². The van der Waals surface area contributed by atoms with Crippen molar-refractivity contribution in [3.05, 3.63) is 59.7 Å². The lowest BCUT2D eigenvalue weighted by molar-refractivity contribution is -0.206. The van der Waals surface area contributed by atoms with Gasteiger partial charge in [0, 0.05) is 40.2 Å². The van der Waals surface area contributed by atoms with Gasteiger partial charge in [0.25, 0.3) is 0 Å². The number of nitrogen functional groups attached to an aromatic ring is 2. The number of anilines is 2. The zero-order valence-corrected chi connectivity index (χ0v) is 38.2. The molecule has 6 nitrogen and oxygen atoms in total. The van der Waals surface area contributed by atoms with Crippen molar-refractivity contribution in [3.8, 4) is 34.5 Å². The third-order valence-electron chi connectivity index (χ3n) is 23.1. The monoisotopic (exact) mass is 861 g/mol. The third-order valence-corrected chi connectivity index (χ3v) is 23.1. The first-order valence-electron chi connectivity index (χ1n) is 26.6. The lowest BCUT2D eigenvalue weighted by Gasteiger charge is -2.73. The molecule has 4 unspecified atom stereocenters. The quantitative estimate of drug-likeness (QED) is 0.133. The molecule has 0 aliphatic heterocycles. The number of phenols is 2. The van der Waals surface area contributed by atoms with E-state index in [1.165, 1.54) is 165 Å². The van der Waals surface area contributed by atoms with Crippen LogP contribution >= 0.6 is 0 Å². The zero-order chi connectivity index (χ0) is 42.6. The van der Waals surface area contributed by atoms with Crippen molar-refractivity contribution in [2.24, 2.45) is 80.8 Å². The fraction of sp³-hybridized carbons (Fsp3) is 0.690. The van der Waals surface area contributed by atoms with Gasteiger partial charge in [-0.1, -0.05) is 0 Å². The summed E-state index contributed by atoms with van der Waals surface area (Å²) in [6.07, 6.45) is 34.3. The molecule has 6 heteroatoms. The topological polar surface area (TPSA) is 111 Å². The molecule has 0 spiro atoms. The van der Waals surface area contributed by atoms with Crippen LogP contribution in [0.5, 0.6) is 34.5 Å². The maximum atomic E-state index is 10.9. The van der Waals surface area contributed by atoms with Crippen LogP contribution in [0.15, 0.2) is 48.5 Å². The van der Waals surface area contributed by atoms with Gasteiger partial charge in [-0.25, -0.2) is 0 Å². The summed E-state index contributed by atoms with van der Waals surface area (Å²) >= 11 is 0. The second-order valence-corrected chi connectivity index (χ2v) is 26.9. The molecular weight excluding hydrogens is 789 g/mol. The Balaban J connectivity index is 0.919. The molecule has 0 radical (unpaired) electrons. The van der Waals surface area contributed by atoms with Crippen molar-refractivity contribution in [1.29, 1.82) is 0 Å².